The summed E-state index contributed by atoms with van der Waals surface area (Å²) in [6.07, 6.45) is 6.52. The number of amides is 1. The first-order chi connectivity index (χ1) is 11.3. The molecular formula is C18H24N4O. The first-order valence-electron chi connectivity index (χ1n) is 8.89. The molecule has 1 aliphatic heterocycles. The lowest BCUT2D eigenvalue weighted by Gasteiger charge is -2.41. The van der Waals surface area contributed by atoms with Crippen molar-refractivity contribution in [3.63, 3.8) is 0 Å². The molecule has 0 N–H and O–H groups in total. The molecule has 0 unspecified atom stereocenters. The van der Waals surface area contributed by atoms with E-state index < -0.39 is 0 Å². The van der Waals surface area contributed by atoms with E-state index in [9.17, 15) is 4.79 Å². The Labute approximate surface area is 136 Å². The highest BCUT2D eigenvalue weighted by Crippen LogP contribution is 2.36. The average Bonchev–Trinajstić information content (AvgIpc) is 3.03. The minimum absolute atomic E-state index is 0.155. The first-order valence-corrected chi connectivity index (χ1v) is 8.89. The molecule has 2 heterocycles. The van der Waals surface area contributed by atoms with Crippen molar-refractivity contribution in [3.8, 4) is 0 Å². The topological polar surface area (TPSA) is 51.0 Å². The van der Waals surface area contributed by atoms with E-state index in [1.807, 2.05) is 29.8 Å². The van der Waals surface area contributed by atoms with Crippen LogP contribution in [0.3, 0.4) is 0 Å². The largest absolute Gasteiger partial charge is 0.338 e. The number of carbonyl (C=O) groups is 1. The van der Waals surface area contributed by atoms with Crippen LogP contribution >= 0.6 is 0 Å². The fourth-order valence-corrected chi connectivity index (χ4v) is 4.31. The summed E-state index contributed by atoms with van der Waals surface area (Å²) in [4.78, 5) is 14.9. The van der Waals surface area contributed by atoms with Crippen molar-refractivity contribution in [1.82, 2.24) is 19.9 Å². The number of benzene rings is 1. The van der Waals surface area contributed by atoms with Gasteiger partial charge in [0.1, 0.15) is 5.52 Å². The second-order valence-corrected chi connectivity index (χ2v) is 6.95. The molecule has 1 saturated carbocycles. The van der Waals surface area contributed by atoms with Gasteiger partial charge in [0.25, 0.3) is 5.91 Å². The van der Waals surface area contributed by atoms with Gasteiger partial charge in [-0.3, -0.25) is 4.79 Å². The predicted octanol–water partition coefficient (Wildman–Crippen LogP) is 3.10. The van der Waals surface area contributed by atoms with Crippen molar-refractivity contribution >= 4 is 16.9 Å². The van der Waals surface area contributed by atoms with Crippen LogP contribution in [0, 0.1) is 11.8 Å². The van der Waals surface area contributed by atoms with Gasteiger partial charge in [-0.15, -0.1) is 5.10 Å². The van der Waals surface area contributed by atoms with Gasteiger partial charge in [-0.05, 0) is 49.8 Å². The molecule has 1 aromatic carbocycles. The summed E-state index contributed by atoms with van der Waals surface area (Å²) in [7, 11) is 0. The number of likely N-dealkylation sites (tertiary alicyclic amines) is 1. The van der Waals surface area contributed by atoms with Gasteiger partial charge in [0.2, 0.25) is 0 Å². The standard InChI is InChI=1S/C18H24N4O/c1-2-22-17-8-7-14(11-16(17)19-20-22)18(23)21-10-9-13-5-3-4-6-15(13)12-21/h7-8,11,13,15H,2-6,9-10,12H2,1H3/t13-,15+/m0/s1. The van der Waals surface area contributed by atoms with Crippen LogP contribution in [0.1, 0.15) is 49.4 Å². The van der Waals surface area contributed by atoms with E-state index in [2.05, 4.69) is 15.2 Å². The lowest BCUT2D eigenvalue weighted by Crippen LogP contribution is -2.44. The minimum atomic E-state index is 0.155. The van der Waals surface area contributed by atoms with Crippen LogP contribution in [0.4, 0.5) is 0 Å². The van der Waals surface area contributed by atoms with Gasteiger partial charge >= 0.3 is 0 Å². The number of hydrogen-bond donors (Lipinski definition) is 0. The monoisotopic (exact) mass is 312 g/mol. The van der Waals surface area contributed by atoms with Gasteiger partial charge in [-0.25, -0.2) is 4.68 Å². The Morgan fingerprint density at radius 1 is 1.22 bits per heavy atom. The van der Waals surface area contributed by atoms with Crippen LogP contribution < -0.4 is 0 Å². The maximum atomic E-state index is 12.9. The van der Waals surface area contributed by atoms with Crippen molar-refractivity contribution in [2.75, 3.05) is 13.1 Å². The van der Waals surface area contributed by atoms with Crippen molar-refractivity contribution in [1.29, 1.82) is 0 Å². The number of carbonyl (C=O) groups excluding carboxylic acids is 1. The summed E-state index contributed by atoms with van der Waals surface area (Å²) in [5, 5.41) is 8.31. The number of rotatable bonds is 2. The smallest absolute Gasteiger partial charge is 0.253 e. The third-order valence-corrected chi connectivity index (χ3v) is 5.64. The Bertz CT molecular complexity index is 723. The highest BCUT2D eigenvalue weighted by atomic mass is 16.2. The number of piperidine rings is 1. The summed E-state index contributed by atoms with van der Waals surface area (Å²) >= 11 is 0. The van der Waals surface area contributed by atoms with E-state index in [1.165, 1.54) is 32.1 Å². The molecule has 2 aromatic rings. The second kappa shape index (κ2) is 5.95. The molecule has 5 heteroatoms. The van der Waals surface area contributed by atoms with Crippen LogP contribution in [0.2, 0.25) is 0 Å². The van der Waals surface area contributed by atoms with Gasteiger partial charge in [0.05, 0.1) is 5.52 Å². The number of fused-ring (bicyclic) bond motifs is 2. The minimum Gasteiger partial charge on any atom is -0.338 e. The fourth-order valence-electron chi connectivity index (χ4n) is 4.31. The molecule has 1 saturated heterocycles. The normalized spacial score (nSPS) is 24.7. The highest BCUT2D eigenvalue weighted by Gasteiger charge is 2.33. The summed E-state index contributed by atoms with van der Waals surface area (Å²) in [5.41, 5.74) is 2.55. The maximum Gasteiger partial charge on any atom is 0.253 e. The number of aryl methyl sites for hydroxylation is 1. The molecule has 0 radical (unpaired) electrons. The molecule has 1 aliphatic carbocycles. The maximum absolute atomic E-state index is 12.9. The Kier molecular flexibility index (Phi) is 3.79. The fraction of sp³-hybridized carbons (Fsp3) is 0.611. The zero-order valence-corrected chi connectivity index (χ0v) is 13.7. The van der Waals surface area contributed by atoms with Crippen LogP contribution in [0.15, 0.2) is 18.2 Å². The summed E-state index contributed by atoms with van der Waals surface area (Å²) in [6, 6.07) is 5.79. The Morgan fingerprint density at radius 3 is 2.87 bits per heavy atom. The van der Waals surface area contributed by atoms with Crippen molar-refractivity contribution < 1.29 is 4.79 Å². The molecule has 1 amide bonds. The van der Waals surface area contributed by atoms with E-state index in [-0.39, 0.29) is 5.91 Å². The molecule has 2 aliphatic rings. The molecule has 122 valence electrons. The first kappa shape index (κ1) is 14.7. The summed E-state index contributed by atoms with van der Waals surface area (Å²) < 4.78 is 1.86. The van der Waals surface area contributed by atoms with E-state index >= 15 is 0 Å². The molecule has 5 nitrogen and oxygen atoms in total. The van der Waals surface area contributed by atoms with Crippen molar-refractivity contribution in [3.05, 3.63) is 23.8 Å². The third-order valence-electron chi connectivity index (χ3n) is 5.64. The average molecular weight is 312 g/mol. The Morgan fingerprint density at radius 2 is 2.04 bits per heavy atom. The van der Waals surface area contributed by atoms with E-state index in [0.717, 1.165) is 42.1 Å². The zero-order valence-electron chi connectivity index (χ0n) is 13.7. The van der Waals surface area contributed by atoms with Crippen molar-refractivity contribution in [2.24, 2.45) is 11.8 Å². The summed E-state index contributed by atoms with van der Waals surface area (Å²) in [5.74, 6) is 1.72. The van der Waals surface area contributed by atoms with Crippen LogP contribution in [-0.2, 0) is 6.54 Å². The lowest BCUT2D eigenvalue weighted by molar-refractivity contribution is 0.0521. The van der Waals surface area contributed by atoms with Crippen LogP contribution in [-0.4, -0.2) is 38.9 Å². The van der Waals surface area contributed by atoms with Gasteiger partial charge in [-0.1, -0.05) is 24.5 Å². The molecule has 0 bridgehead atoms. The molecular weight excluding hydrogens is 288 g/mol. The molecule has 0 spiro atoms. The Hall–Kier alpha value is -1.91. The highest BCUT2D eigenvalue weighted by molar-refractivity contribution is 5.97. The lowest BCUT2D eigenvalue weighted by atomic mass is 9.75. The van der Waals surface area contributed by atoms with E-state index in [0.29, 0.717) is 5.92 Å². The van der Waals surface area contributed by atoms with Gasteiger partial charge in [0, 0.05) is 25.2 Å². The third kappa shape index (κ3) is 2.62. The summed E-state index contributed by atoms with van der Waals surface area (Å²) in [6.45, 7) is 4.67. The molecule has 4 rings (SSSR count). The molecule has 2 fully saturated rings. The molecule has 1 aromatic heterocycles. The van der Waals surface area contributed by atoms with E-state index in [4.69, 9.17) is 0 Å². The molecule has 2 atom stereocenters. The number of hydrogen-bond acceptors (Lipinski definition) is 3. The van der Waals surface area contributed by atoms with E-state index in [1.54, 1.807) is 0 Å². The van der Waals surface area contributed by atoms with Crippen LogP contribution in [0.5, 0.6) is 0 Å². The number of aromatic nitrogens is 3. The number of nitrogens with zero attached hydrogens (tertiary/aromatic N) is 4. The van der Waals surface area contributed by atoms with Gasteiger partial charge < -0.3 is 4.90 Å². The Balaban J connectivity index is 1.54. The predicted molar refractivity (Wildman–Crippen MR) is 89.2 cm³/mol. The quantitative estimate of drug-likeness (QED) is 0.856. The van der Waals surface area contributed by atoms with Crippen LogP contribution in [0.25, 0.3) is 11.0 Å². The van der Waals surface area contributed by atoms with Gasteiger partial charge in [0.15, 0.2) is 0 Å². The van der Waals surface area contributed by atoms with Gasteiger partial charge in [-0.2, -0.15) is 0 Å². The second-order valence-electron chi connectivity index (χ2n) is 6.95. The van der Waals surface area contributed by atoms with Crippen molar-refractivity contribution in [2.45, 2.75) is 45.6 Å². The zero-order chi connectivity index (χ0) is 15.8. The SMILES string of the molecule is CCn1nnc2cc(C(=O)N3CC[C@@H]4CCCC[C@@H]4C3)ccc21. The molecule has 23 heavy (non-hydrogen) atoms.